The highest BCUT2D eigenvalue weighted by Crippen LogP contribution is 2.33. The fourth-order valence-corrected chi connectivity index (χ4v) is 1.97. The van der Waals surface area contributed by atoms with Crippen LogP contribution in [0.4, 0.5) is 13.2 Å². The fraction of sp³-hybridized carbons (Fsp3) is 0.0714. The highest BCUT2D eigenvalue weighted by molar-refractivity contribution is 6.33. The molecule has 2 nitrogen and oxygen atoms in total. The van der Waals surface area contributed by atoms with E-state index >= 15 is 0 Å². The molecule has 0 heterocycles. The van der Waals surface area contributed by atoms with E-state index in [1.165, 1.54) is 30.3 Å². The smallest absolute Gasteiger partial charge is 0.366 e. The normalized spacial score (nSPS) is 11.4. The Labute approximate surface area is 118 Å². The van der Waals surface area contributed by atoms with E-state index < -0.39 is 17.6 Å². The van der Waals surface area contributed by atoms with E-state index in [-0.39, 0.29) is 5.56 Å². The van der Waals surface area contributed by atoms with Crippen molar-refractivity contribution in [1.82, 2.24) is 0 Å². The summed E-state index contributed by atoms with van der Waals surface area (Å²) in [6.45, 7) is 0. The molecule has 104 valence electrons. The number of rotatable bonds is 2. The van der Waals surface area contributed by atoms with E-state index in [4.69, 9.17) is 17.3 Å². The van der Waals surface area contributed by atoms with E-state index in [1.54, 1.807) is 0 Å². The van der Waals surface area contributed by atoms with Gasteiger partial charge < -0.3 is 5.73 Å². The maximum absolute atomic E-state index is 12.5. The van der Waals surface area contributed by atoms with Gasteiger partial charge in [-0.05, 0) is 35.9 Å². The molecule has 0 spiro atoms. The second kappa shape index (κ2) is 5.17. The Kier molecular flexibility index (Phi) is 3.72. The largest absolute Gasteiger partial charge is 0.416 e. The van der Waals surface area contributed by atoms with Gasteiger partial charge in [0.25, 0.3) is 0 Å². The predicted molar refractivity (Wildman–Crippen MR) is 70.4 cm³/mol. The summed E-state index contributed by atoms with van der Waals surface area (Å²) in [7, 11) is 0. The van der Waals surface area contributed by atoms with E-state index in [0.29, 0.717) is 16.1 Å². The van der Waals surface area contributed by atoms with Crippen LogP contribution in [0.3, 0.4) is 0 Å². The molecule has 0 saturated heterocycles. The van der Waals surface area contributed by atoms with E-state index in [0.717, 1.165) is 12.1 Å². The minimum atomic E-state index is -4.39. The lowest BCUT2D eigenvalue weighted by molar-refractivity contribution is -0.137. The van der Waals surface area contributed by atoms with Gasteiger partial charge >= 0.3 is 6.18 Å². The Morgan fingerprint density at radius 2 is 1.65 bits per heavy atom. The number of carbonyl (C=O) groups excluding carboxylic acids is 1. The molecule has 0 aliphatic heterocycles. The number of primary amides is 1. The zero-order chi connectivity index (χ0) is 14.9. The Balaban J connectivity index is 2.46. The van der Waals surface area contributed by atoms with Crippen LogP contribution in [0.5, 0.6) is 0 Å². The van der Waals surface area contributed by atoms with Gasteiger partial charge in [-0.1, -0.05) is 23.7 Å². The lowest BCUT2D eigenvalue weighted by atomic mass is 10.0. The van der Waals surface area contributed by atoms with Crippen molar-refractivity contribution in [2.45, 2.75) is 6.18 Å². The summed E-state index contributed by atoms with van der Waals surface area (Å²) in [4.78, 5) is 11.1. The molecule has 0 atom stereocenters. The minimum absolute atomic E-state index is 0.240. The quantitative estimate of drug-likeness (QED) is 0.890. The summed E-state index contributed by atoms with van der Waals surface area (Å²) in [6, 6.07) is 8.91. The summed E-state index contributed by atoms with van der Waals surface area (Å²) in [6.07, 6.45) is -4.39. The van der Waals surface area contributed by atoms with Crippen LogP contribution in [0.2, 0.25) is 5.02 Å². The molecule has 1 amide bonds. The first-order valence-electron chi connectivity index (χ1n) is 5.56. The van der Waals surface area contributed by atoms with Crippen molar-refractivity contribution in [3.05, 3.63) is 58.6 Å². The van der Waals surface area contributed by atoms with Gasteiger partial charge in [-0.25, -0.2) is 0 Å². The number of alkyl halides is 3. The van der Waals surface area contributed by atoms with E-state index in [1.807, 2.05) is 0 Å². The van der Waals surface area contributed by atoms with Crippen molar-refractivity contribution in [3.63, 3.8) is 0 Å². The minimum Gasteiger partial charge on any atom is -0.366 e. The number of hydrogen-bond acceptors (Lipinski definition) is 1. The zero-order valence-electron chi connectivity index (χ0n) is 10.0. The topological polar surface area (TPSA) is 43.1 Å². The molecular weight excluding hydrogens is 291 g/mol. The number of nitrogens with two attached hydrogens (primary N) is 1. The summed E-state index contributed by atoms with van der Waals surface area (Å²) in [5, 5.41) is 0.328. The summed E-state index contributed by atoms with van der Waals surface area (Å²) in [5.41, 5.74) is 5.59. The third-order valence-electron chi connectivity index (χ3n) is 2.77. The van der Waals surface area contributed by atoms with Crippen LogP contribution in [0.15, 0.2) is 42.5 Å². The van der Waals surface area contributed by atoms with Crippen LogP contribution < -0.4 is 5.73 Å². The Hall–Kier alpha value is -2.01. The Morgan fingerprint density at radius 3 is 2.15 bits per heavy atom. The number of amides is 1. The van der Waals surface area contributed by atoms with Gasteiger partial charge in [0.15, 0.2) is 0 Å². The Morgan fingerprint density at radius 1 is 1.05 bits per heavy atom. The fourth-order valence-electron chi connectivity index (χ4n) is 1.74. The highest BCUT2D eigenvalue weighted by atomic mass is 35.5. The molecular formula is C14H9ClF3NO. The summed E-state index contributed by atoms with van der Waals surface area (Å²) in [5.74, 6) is -0.630. The van der Waals surface area contributed by atoms with Gasteiger partial charge in [-0.3, -0.25) is 4.79 Å². The van der Waals surface area contributed by atoms with Crippen molar-refractivity contribution in [2.24, 2.45) is 5.73 Å². The predicted octanol–water partition coefficient (Wildman–Crippen LogP) is 4.12. The average molecular weight is 300 g/mol. The standard InChI is InChI=1S/C14H9ClF3NO/c15-12-6-3-9(13(19)20)7-11(12)8-1-4-10(5-2-8)14(16,17)18/h1-7H,(H2,19,20). The third kappa shape index (κ3) is 2.93. The zero-order valence-corrected chi connectivity index (χ0v) is 10.8. The molecule has 20 heavy (non-hydrogen) atoms. The first-order valence-corrected chi connectivity index (χ1v) is 5.94. The molecule has 2 aromatic carbocycles. The van der Waals surface area contributed by atoms with Crippen LogP contribution in [0.25, 0.3) is 11.1 Å². The van der Waals surface area contributed by atoms with Crippen molar-refractivity contribution >= 4 is 17.5 Å². The van der Waals surface area contributed by atoms with Crippen molar-refractivity contribution in [2.75, 3.05) is 0 Å². The first-order chi connectivity index (χ1) is 9.29. The summed E-state index contributed by atoms with van der Waals surface area (Å²) >= 11 is 5.99. The number of hydrogen-bond donors (Lipinski definition) is 1. The third-order valence-corrected chi connectivity index (χ3v) is 3.10. The van der Waals surface area contributed by atoms with Crippen molar-refractivity contribution < 1.29 is 18.0 Å². The maximum Gasteiger partial charge on any atom is 0.416 e. The van der Waals surface area contributed by atoms with Crippen molar-refractivity contribution in [3.8, 4) is 11.1 Å². The molecule has 0 unspecified atom stereocenters. The molecule has 6 heteroatoms. The van der Waals surface area contributed by atoms with Crippen LogP contribution >= 0.6 is 11.6 Å². The molecule has 2 rings (SSSR count). The second-order valence-electron chi connectivity index (χ2n) is 4.13. The lowest BCUT2D eigenvalue weighted by Crippen LogP contribution is -2.10. The second-order valence-corrected chi connectivity index (χ2v) is 4.54. The molecule has 0 aromatic heterocycles. The molecule has 0 fully saturated rings. The monoisotopic (exact) mass is 299 g/mol. The van der Waals surface area contributed by atoms with Gasteiger partial charge in [0.05, 0.1) is 5.56 Å². The first kappa shape index (κ1) is 14.4. The van der Waals surface area contributed by atoms with E-state index in [2.05, 4.69) is 0 Å². The van der Waals surface area contributed by atoms with Crippen LogP contribution in [0.1, 0.15) is 15.9 Å². The van der Waals surface area contributed by atoms with Crippen LogP contribution in [0, 0.1) is 0 Å². The average Bonchev–Trinajstić information content (AvgIpc) is 2.38. The van der Waals surface area contributed by atoms with Gasteiger partial charge in [0, 0.05) is 16.1 Å². The maximum atomic E-state index is 12.5. The van der Waals surface area contributed by atoms with Crippen LogP contribution in [-0.4, -0.2) is 5.91 Å². The SMILES string of the molecule is NC(=O)c1ccc(Cl)c(-c2ccc(C(F)(F)F)cc2)c1. The molecule has 2 N–H and O–H groups in total. The molecule has 2 aromatic rings. The molecule has 0 aliphatic carbocycles. The van der Waals surface area contributed by atoms with Gasteiger partial charge in [0.1, 0.15) is 0 Å². The molecule has 0 saturated carbocycles. The number of carbonyl (C=O) groups is 1. The molecule has 0 radical (unpaired) electrons. The van der Waals surface area contributed by atoms with Gasteiger partial charge in [-0.2, -0.15) is 13.2 Å². The number of halogens is 4. The molecule has 0 aliphatic rings. The highest BCUT2D eigenvalue weighted by Gasteiger charge is 2.30. The van der Waals surface area contributed by atoms with Gasteiger partial charge in [0.2, 0.25) is 5.91 Å². The van der Waals surface area contributed by atoms with Crippen molar-refractivity contribution in [1.29, 1.82) is 0 Å². The van der Waals surface area contributed by atoms with Crippen LogP contribution in [-0.2, 0) is 6.18 Å². The van der Waals surface area contributed by atoms with Gasteiger partial charge in [-0.15, -0.1) is 0 Å². The number of benzene rings is 2. The van der Waals surface area contributed by atoms with E-state index in [9.17, 15) is 18.0 Å². The lowest BCUT2D eigenvalue weighted by Gasteiger charge is -2.09. The Bertz CT molecular complexity index is 650. The summed E-state index contributed by atoms with van der Waals surface area (Å²) < 4.78 is 37.5. The molecule has 0 bridgehead atoms.